The van der Waals surface area contributed by atoms with Crippen LogP contribution in [0.15, 0.2) is 54.6 Å². The number of carbonyl (C=O) groups excluding carboxylic acids is 5. The highest BCUT2D eigenvalue weighted by atomic mass is 32.2. The second kappa shape index (κ2) is 33.7. The van der Waals surface area contributed by atoms with Crippen LogP contribution in [0.1, 0.15) is 154 Å². The molecule has 0 N–H and O–H groups in total. The van der Waals surface area contributed by atoms with Crippen molar-refractivity contribution in [3.63, 3.8) is 0 Å². The first-order valence-corrected chi connectivity index (χ1v) is 38.4. The molecule has 2 aromatic heterocycles. The Morgan fingerprint density at radius 3 is 1.26 bits per heavy atom. The third kappa shape index (κ3) is 24.7. The summed E-state index contributed by atoms with van der Waals surface area (Å²) in [5, 5.41) is -0.0765. The molecule has 0 amide bonds. The van der Waals surface area contributed by atoms with Crippen LogP contribution in [0.5, 0.6) is 0 Å². The smallest absolute Gasteiger partial charge is 0.308 e. The average molecular weight is 1310 g/mol. The van der Waals surface area contributed by atoms with E-state index in [0.717, 1.165) is 34.3 Å². The van der Waals surface area contributed by atoms with Crippen molar-refractivity contribution < 1.29 is 72.7 Å². The SMILES string of the molecule is C1CCOC1.CC(C)c1nc(N(C)S(C)(=O)=O)nc(-c2ccc(F)cc2)c1C=O.COC(=O)C[C@@H](CC(=O)/C=C/c1c(-c2ccc(F)cc2)nc(N(C)S(C)(=O)=O)nc1C(C)C)O[Si](C)(C)C(C)(C)C.COC(=O)C[C@@H](CC(C)=O)O[Si](C)(C)C(C)(C)C. The van der Waals surface area contributed by atoms with Crippen molar-refractivity contribution in [2.75, 3.05) is 62.7 Å². The first kappa shape index (κ1) is 78.1. The Labute approximate surface area is 523 Å². The van der Waals surface area contributed by atoms with E-state index in [-0.39, 0.29) is 94.4 Å². The molecule has 3 heterocycles. The van der Waals surface area contributed by atoms with Gasteiger partial charge >= 0.3 is 11.9 Å². The van der Waals surface area contributed by atoms with Crippen LogP contribution in [0.2, 0.25) is 36.3 Å². The Morgan fingerprint density at radius 2 is 0.966 bits per heavy atom. The Bertz CT molecular complexity index is 3250. The molecule has 5 rings (SSSR count). The molecule has 1 saturated heterocycles. The minimum atomic E-state index is -3.67. The molecule has 4 aromatic rings. The van der Waals surface area contributed by atoms with Crippen molar-refractivity contribution in [3.05, 3.63) is 88.8 Å². The maximum Gasteiger partial charge on any atom is 0.308 e. The van der Waals surface area contributed by atoms with E-state index in [9.17, 15) is 49.6 Å². The molecule has 1 fully saturated rings. The van der Waals surface area contributed by atoms with Gasteiger partial charge in [-0.15, -0.1) is 0 Å². The fourth-order valence-electron chi connectivity index (χ4n) is 7.68. The summed E-state index contributed by atoms with van der Waals surface area (Å²) >= 11 is 0. The number of aldehydes is 1. The maximum absolute atomic E-state index is 13.7. The summed E-state index contributed by atoms with van der Waals surface area (Å²) in [6.45, 7) is 31.9. The molecule has 2 aromatic carbocycles. The van der Waals surface area contributed by atoms with Crippen molar-refractivity contribution in [1.29, 1.82) is 0 Å². The third-order valence-corrected chi connectivity index (χ3v) is 26.3. The topological polar surface area (TPSA) is 258 Å². The van der Waals surface area contributed by atoms with Crippen LogP contribution in [0.3, 0.4) is 0 Å². The molecule has 1 aliphatic heterocycles. The summed E-state index contributed by atoms with van der Waals surface area (Å²) in [7, 11) is -6.18. The zero-order valence-electron chi connectivity index (χ0n) is 55.3. The molecule has 0 radical (unpaired) electrons. The van der Waals surface area contributed by atoms with Gasteiger partial charge in [0.2, 0.25) is 31.9 Å². The number of methoxy groups -OCH3 is 2. The van der Waals surface area contributed by atoms with Crippen molar-refractivity contribution in [2.45, 2.75) is 175 Å². The number of rotatable bonds is 23. The third-order valence-electron chi connectivity index (χ3n) is 14.9. The second-order valence-corrected chi connectivity index (χ2v) is 38.6. The lowest BCUT2D eigenvalue weighted by Crippen LogP contribution is -2.44. The van der Waals surface area contributed by atoms with Gasteiger partial charge in [0, 0.05) is 56.8 Å². The molecule has 1 aliphatic rings. The molecule has 490 valence electrons. The largest absolute Gasteiger partial charge is 0.469 e. The van der Waals surface area contributed by atoms with Crippen molar-refractivity contribution >= 4 is 84.4 Å². The van der Waals surface area contributed by atoms with Gasteiger partial charge in [-0.2, -0.15) is 0 Å². The number of allylic oxidation sites excluding steroid dienone is 1. The predicted molar refractivity (Wildman–Crippen MR) is 346 cm³/mol. The monoisotopic (exact) mass is 1300 g/mol. The molecule has 20 nitrogen and oxygen atoms in total. The van der Waals surface area contributed by atoms with Crippen molar-refractivity contribution in [1.82, 2.24) is 19.9 Å². The number of carbonyl (C=O) groups is 5. The van der Waals surface area contributed by atoms with Gasteiger partial charge in [-0.25, -0.2) is 54.2 Å². The Hall–Kier alpha value is -6.04. The van der Waals surface area contributed by atoms with Gasteiger partial charge in [-0.3, -0.25) is 24.0 Å². The van der Waals surface area contributed by atoms with E-state index in [4.69, 9.17) is 18.3 Å². The molecule has 0 unspecified atom stereocenters. The zero-order chi connectivity index (χ0) is 67.5. The number of ketones is 2. The Kier molecular flexibility index (Phi) is 29.9. The highest BCUT2D eigenvalue weighted by Crippen LogP contribution is 2.40. The number of halogens is 2. The van der Waals surface area contributed by atoms with E-state index in [0.29, 0.717) is 40.1 Å². The second-order valence-electron chi connectivity index (χ2n) is 25.0. The molecule has 0 saturated carbocycles. The van der Waals surface area contributed by atoms with Crippen LogP contribution >= 0.6 is 0 Å². The lowest BCUT2D eigenvalue weighted by atomic mass is 9.97. The quantitative estimate of drug-likeness (QED) is 0.0289. The number of Topliss-reactive ketones (excluding diaryl/α,β-unsaturated/α-hetero) is 1. The fraction of sp³-hybridized carbons (Fsp3) is 0.565. The molecular formula is C62H94F2N6O14S2Si2. The van der Waals surface area contributed by atoms with Gasteiger partial charge in [0.25, 0.3) is 0 Å². The van der Waals surface area contributed by atoms with Crippen LogP contribution in [0.25, 0.3) is 28.6 Å². The molecule has 0 aliphatic carbocycles. The molecule has 26 heteroatoms. The van der Waals surface area contributed by atoms with E-state index in [1.54, 1.807) is 6.08 Å². The number of benzene rings is 2. The summed E-state index contributed by atoms with van der Waals surface area (Å²) in [6.07, 6.45) is 7.52. The number of anilines is 2. The highest BCUT2D eigenvalue weighted by molar-refractivity contribution is 7.92. The molecular weight excluding hydrogens is 1210 g/mol. The van der Waals surface area contributed by atoms with Crippen molar-refractivity contribution in [2.24, 2.45) is 0 Å². The summed E-state index contributed by atoms with van der Waals surface area (Å²) in [5.41, 5.74) is 3.36. The summed E-state index contributed by atoms with van der Waals surface area (Å²) in [4.78, 5) is 77.0. The Balaban J connectivity index is 0.000000471. The van der Waals surface area contributed by atoms with E-state index in [1.807, 2.05) is 40.8 Å². The zero-order valence-corrected chi connectivity index (χ0v) is 58.9. The first-order chi connectivity index (χ1) is 40.4. The lowest BCUT2D eigenvalue weighted by Gasteiger charge is -2.39. The van der Waals surface area contributed by atoms with Crippen LogP contribution in [-0.4, -0.2) is 149 Å². The van der Waals surface area contributed by atoms with Gasteiger partial charge < -0.3 is 23.1 Å². The predicted octanol–water partition coefficient (Wildman–Crippen LogP) is 12.1. The number of nitrogens with zero attached hydrogens (tertiary/aromatic N) is 6. The standard InChI is InChI=1S/C29H42FN3O6SSi.C16H18FN3O3S.C13H26O4Si.C4H8O/c1-19(2)26-24(16-15-22(34)17-23(18-25(35)38-7)39-41(9,10)29(3,4)5)27(20-11-13-21(30)14-12-20)32-28(31-26)33(6)40(8,36)37;1-10(2)14-13(9-21)15(11-5-7-12(17)8-6-11)19-16(18-14)20(3)24(4,22)23;1-10(14)8-11(9-12(15)16-5)17-18(6,7)13(2,3)4;1-2-4-5-3-1/h11-16,19,23H,17-18H2,1-10H3;5-10H,1-4H3;11H,8-9H2,1-7H3;1-4H2/b16-15+;;;/t23-;;11-;/m1.1./s1. The first-order valence-electron chi connectivity index (χ1n) is 28.9. The van der Waals surface area contributed by atoms with E-state index in [2.05, 4.69) is 79.3 Å². The van der Waals surface area contributed by atoms with Gasteiger partial charge in [-0.05, 0) is 129 Å². The van der Waals surface area contributed by atoms with Crippen molar-refractivity contribution in [3.8, 4) is 22.5 Å². The minimum absolute atomic E-state index is 0.0302. The lowest BCUT2D eigenvalue weighted by molar-refractivity contribution is -0.144. The summed E-state index contributed by atoms with van der Waals surface area (Å²) in [6, 6.07) is 11.1. The number of hydrogen-bond donors (Lipinski definition) is 0. The maximum atomic E-state index is 13.7. The van der Waals surface area contributed by atoms with Gasteiger partial charge in [0.15, 0.2) is 28.7 Å². The molecule has 0 spiro atoms. The van der Waals surface area contributed by atoms with E-state index < -0.39 is 60.4 Å². The van der Waals surface area contributed by atoms with Crippen LogP contribution in [0, 0.1) is 11.6 Å². The van der Waals surface area contributed by atoms with E-state index in [1.165, 1.54) is 103 Å². The fourth-order valence-corrected chi connectivity index (χ4v) is 11.1. The molecule has 88 heavy (non-hydrogen) atoms. The Morgan fingerprint density at radius 1 is 0.614 bits per heavy atom. The number of aromatic nitrogens is 4. The minimum Gasteiger partial charge on any atom is -0.469 e. The average Bonchev–Trinajstić information content (AvgIpc) is 0.882. The van der Waals surface area contributed by atoms with Gasteiger partial charge in [-0.1, -0.05) is 69.2 Å². The molecule has 0 bridgehead atoms. The molecule has 2 atom stereocenters. The number of sulfonamides is 2. The normalized spacial score (nSPS) is 13.7. The van der Waals surface area contributed by atoms with E-state index >= 15 is 0 Å². The van der Waals surface area contributed by atoms with Crippen LogP contribution < -0.4 is 8.61 Å². The highest BCUT2D eigenvalue weighted by Gasteiger charge is 2.41. The summed E-state index contributed by atoms with van der Waals surface area (Å²) < 4.78 is 104. The summed E-state index contributed by atoms with van der Waals surface area (Å²) in [5.74, 6) is -2.29. The van der Waals surface area contributed by atoms with Crippen LogP contribution in [0.4, 0.5) is 20.7 Å². The van der Waals surface area contributed by atoms with Gasteiger partial charge in [0.05, 0.1) is 80.1 Å². The van der Waals surface area contributed by atoms with Gasteiger partial charge in [0.1, 0.15) is 17.4 Å². The van der Waals surface area contributed by atoms with Crippen LogP contribution in [-0.2, 0) is 62.3 Å². The number of hydrogen-bond acceptors (Lipinski definition) is 18. The number of esters is 2. The number of ether oxygens (including phenoxy) is 3.